The van der Waals surface area contributed by atoms with Crippen molar-refractivity contribution in [2.75, 3.05) is 0 Å². The number of fused-ring (bicyclic) bond motifs is 2. The summed E-state index contributed by atoms with van der Waals surface area (Å²) in [5.41, 5.74) is 1.81. The molecule has 1 radical (unpaired) electrons. The van der Waals surface area contributed by atoms with Gasteiger partial charge in [-0.1, -0.05) is 25.1 Å². The minimum absolute atomic E-state index is 0.101. The van der Waals surface area contributed by atoms with Crippen LogP contribution in [-0.4, -0.2) is 20.7 Å². The summed E-state index contributed by atoms with van der Waals surface area (Å²) in [6, 6.07) is 14.4. The molecule has 0 aliphatic carbocycles. The smallest absolute Gasteiger partial charge is 0.232 e. The van der Waals surface area contributed by atoms with Crippen LogP contribution in [-0.2, 0) is 0 Å². The first kappa shape index (κ1) is 15.1. The minimum atomic E-state index is 0.101. The Morgan fingerprint density at radius 3 is 2.96 bits per heavy atom. The number of rotatable bonds is 5. The molecule has 0 saturated carbocycles. The standard InChI is InChI=1S/C19H18N3OS/c1-3-6-13(2)23-19-10-9-18-20-12-15(22(18)21-19)17-11-14-7-4-5-8-16(14)24-17/h4-5,7-13H,1,3,6H2,2H3. The van der Waals surface area contributed by atoms with Gasteiger partial charge in [0.2, 0.25) is 5.88 Å². The zero-order valence-electron chi connectivity index (χ0n) is 13.5. The van der Waals surface area contributed by atoms with E-state index in [1.165, 1.54) is 10.1 Å². The van der Waals surface area contributed by atoms with Crippen LogP contribution in [0.25, 0.3) is 26.3 Å². The molecule has 3 aromatic heterocycles. The average molecular weight is 336 g/mol. The number of ether oxygens (including phenoxy) is 1. The molecule has 5 heteroatoms. The third-order valence-corrected chi connectivity index (χ3v) is 5.09. The summed E-state index contributed by atoms with van der Waals surface area (Å²) in [5.74, 6) is 0.615. The Balaban J connectivity index is 1.75. The second kappa shape index (κ2) is 6.24. The summed E-state index contributed by atoms with van der Waals surface area (Å²) in [6.45, 7) is 5.91. The lowest BCUT2D eigenvalue weighted by Crippen LogP contribution is -2.12. The van der Waals surface area contributed by atoms with E-state index in [1.807, 2.05) is 29.8 Å². The summed E-state index contributed by atoms with van der Waals surface area (Å²) in [4.78, 5) is 5.62. The molecule has 0 bridgehead atoms. The second-order valence-corrected chi connectivity index (χ2v) is 6.89. The fourth-order valence-electron chi connectivity index (χ4n) is 2.75. The van der Waals surface area contributed by atoms with Crippen LogP contribution in [0.2, 0.25) is 0 Å². The van der Waals surface area contributed by atoms with Crippen molar-refractivity contribution in [2.45, 2.75) is 25.9 Å². The van der Waals surface area contributed by atoms with Gasteiger partial charge in [0.05, 0.1) is 17.2 Å². The second-order valence-electron chi connectivity index (χ2n) is 5.80. The number of nitrogens with zero attached hydrogens (tertiary/aromatic N) is 3. The summed E-state index contributed by atoms with van der Waals surface area (Å²) < 4.78 is 9.01. The fourth-order valence-corrected chi connectivity index (χ4v) is 3.81. The monoisotopic (exact) mass is 336 g/mol. The molecule has 0 amide bonds. The van der Waals surface area contributed by atoms with Gasteiger partial charge >= 0.3 is 0 Å². The Bertz CT molecular complexity index is 956. The quantitative estimate of drug-likeness (QED) is 0.515. The third-order valence-electron chi connectivity index (χ3n) is 3.95. The topological polar surface area (TPSA) is 39.4 Å². The molecule has 121 valence electrons. The van der Waals surface area contributed by atoms with E-state index in [-0.39, 0.29) is 6.10 Å². The van der Waals surface area contributed by atoms with Gasteiger partial charge in [0.15, 0.2) is 5.65 Å². The first-order valence-electron chi connectivity index (χ1n) is 8.04. The van der Waals surface area contributed by atoms with E-state index >= 15 is 0 Å². The number of hydrogen-bond donors (Lipinski definition) is 0. The highest BCUT2D eigenvalue weighted by Gasteiger charge is 2.12. The number of thiophene rings is 1. The number of hydrogen-bond acceptors (Lipinski definition) is 4. The van der Waals surface area contributed by atoms with Crippen LogP contribution in [0.3, 0.4) is 0 Å². The largest absolute Gasteiger partial charge is 0.474 e. The van der Waals surface area contributed by atoms with E-state index in [1.54, 1.807) is 11.3 Å². The van der Waals surface area contributed by atoms with Gasteiger partial charge in [-0.15, -0.1) is 16.4 Å². The molecule has 0 fully saturated rings. The average Bonchev–Trinajstić information content (AvgIpc) is 3.18. The lowest BCUT2D eigenvalue weighted by atomic mass is 10.2. The summed E-state index contributed by atoms with van der Waals surface area (Å²) >= 11 is 1.75. The maximum Gasteiger partial charge on any atom is 0.232 e. The molecule has 24 heavy (non-hydrogen) atoms. The predicted octanol–water partition coefficient (Wildman–Crippen LogP) is 4.99. The van der Waals surface area contributed by atoms with Gasteiger partial charge < -0.3 is 4.74 Å². The number of imidazole rings is 1. The first-order valence-corrected chi connectivity index (χ1v) is 8.86. The molecule has 0 aliphatic rings. The molecule has 4 nitrogen and oxygen atoms in total. The summed E-state index contributed by atoms with van der Waals surface area (Å²) in [7, 11) is 0. The molecule has 0 spiro atoms. The molecule has 1 unspecified atom stereocenters. The van der Waals surface area contributed by atoms with Gasteiger partial charge in [-0.05, 0) is 43.4 Å². The van der Waals surface area contributed by atoms with Gasteiger partial charge in [-0.2, -0.15) is 0 Å². The molecule has 4 rings (SSSR count). The third kappa shape index (κ3) is 2.76. The number of benzene rings is 1. The molecule has 4 aromatic rings. The Morgan fingerprint density at radius 1 is 1.25 bits per heavy atom. The van der Waals surface area contributed by atoms with Gasteiger partial charge in [-0.3, -0.25) is 0 Å². The molecule has 0 N–H and O–H groups in total. The fraction of sp³-hybridized carbons (Fsp3) is 0.211. The SMILES string of the molecule is [CH2]CCC(C)Oc1ccc2ncc(-c3cc4ccccc4s3)n2n1. The van der Waals surface area contributed by atoms with Crippen LogP contribution in [0.1, 0.15) is 19.8 Å². The van der Waals surface area contributed by atoms with Crippen molar-refractivity contribution in [2.24, 2.45) is 0 Å². The Hall–Kier alpha value is -2.40. The highest BCUT2D eigenvalue weighted by Crippen LogP contribution is 2.33. The van der Waals surface area contributed by atoms with E-state index in [2.05, 4.69) is 47.3 Å². The molecule has 3 heterocycles. The van der Waals surface area contributed by atoms with Crippen molar-refractivity contribution >= 4 is 27.1 Å². The minimum Gasteiger partial charge on any atom is -0.474 e. The Morgan fingerprint density at radius 2 is 2.12 bits per heavy atom. The van der Waals surface area contributed by atoms with Gasteiger partial charge in [0, 0.05) is 10.8 Å². The van der Waals surface area contributed by atoms with Crippen molar-refractivity contribution in [3.8, 4) is 16.5 Å². The van der Waals surface area contributed by atoms with Crippen LogP contribution in [0.5, 0.6) is 5.88 Å². The van der Waals surface area contributed by atoms with Crippen molar-refractivity contribution in [1.29, 1.82) is 0 Å². The van der Waals surface area contributed by atoms with E-state index in [9.17, 15) is 0 Å². The maximum atomic E-state index is 5.89. The molecule has 1 atom stereocenters. The molecule has 0 saturated heterocycles. The van der Waals surface area contributed by atoms with Crippen molar-refractivity contribution in [3.05, 3.63) is 55.6 Å². The molecule has 0 aliphatic heterocycles. The van der Waals surface area contributed by atoms with E-state index in [0.29, 0.717) is 5.88 Å². The highest BCUT2D eigenvalue weighted by atomic mass is 32.1. The zero-order valence-corrected chi connectivity index (χ0v) is 14.3. The van der Waals surface area contributed by atoms with Gasteiger partial charge in [0.25, 0.3) is 0 Å². The lowest BCUT2D eigenvalue weighted by Gasteiger charge is -2.12. The first-order chi connectivity index (χ1) is 11.7. The van der Waals surface area contributed by atoms with Crippen LogP contribution >= 0.6 is 11.3 Å². The zero-order chi connectivity index (χ0) is 16.5. The lowest BCUT2D eigenvalue weighted by molar-refractivity contribution is 0.201. The Labute approximate surface area is 144 Å². The summed E-state index contributed by atoms with van der Waals surface area (Å²) in [5, 5.41) is 5.86. The normalized spacial score (nSPS) is 12.8. The van der Waals surface area contributed by atoms with Crippen molar-refractivity contribution in [1.82, 2.24) is 14.6 Å². The van der Waals surface area contributed by atoms with Crippen LogP contribution < -0.4 is 4.74 Å². The number of aromatic nitrogens is 3. The maximum absolute atomic E-state index is 5.89. The van der Waals surface area contributed by atoms with Gasteiger partial charge in [0.1, 0.15) is 5.69 Å². The van der Waals surface area contributed by atoms with Crippen molar-refractivity contribution in [3.63, 3.8) is 0 Å². The van der Waals surface area contributed by atoms with Crippen LogP contribution in [0.15, 0.2) is 48.7 Å². The van der Waals surface area contributed by atoms with Crippen LogP contribution in [0.4, 0.5) is 0 Å². The van der Waals surface area contributed by atoms with E-state index < -0.39 is 0 Å². The summed E-state index contributed by atoms with van der Waals surface area (Å²) in [6.07, 6.45) is 3.73. The van der Waals surface area contributed by atoms with Gasteiger partial charge in [-0.25, -0.2) is 9.50 Å². The Kier molecular flexibility index (Phi) is 3.94. The molecule has 1 aromatic carbocycles. The van der Waals surface area contributed by atoms with E-state index in [0.717, 1.165) is 29.1 Å². The van der Waals surface area contributed by atoms with Crippen LogP contribution in [0, 0.1) is 6.92 Å². The highest BCUT2D eigenvalue weighted by molar-refractivity contribution is 7.22. The van der Waals surface area contributed by atoms with Crippen molar-refractivity contribution < 1.29 is 4.74 Å². The van der Waals surface area contributed by atoms with E-state index in [4.69, 9.17) is 4.74 Å². The predicted molar refractivity (Wildman–Crippen MR) is 98.5 cm³/mol. The molecular formula is C19H18N3OS. The molecular weight excluding hydrogens is 318 g/mol.